The maximum atomic E-state index is 13.7. The molecule has 0 saturated carbocycles. The Balaban J connectivity index is 2.52. The summed E-state index contributed by atoms with van der Waals surface area (Å²) in [5.74, 6) is -0.681. The van der Waals surface area contributed by atoms with Crippen molar-refractivity contribution in [2.45, 2.75) is 66.6 Å². The molecule has 7 nitrogen and oxygen atoms in total. The van der Waals surface area contributed by atoms with Crippen LogP contribution in [0.5, 0.6) is 0 Å². The molecule has 1 N–H and O–H groups in total. The van der Waals surface area contributed by atoms with Crippen molar-refractivity contribution in [1.29, 1.82) is 0 Å². The highest BCUT2D eigenvalue weighted by atomic mass is 32.2. The van der Waals surface area contributed by atoms with Gasteiger partial charge in [0, 0.05) is 12.6 Å². The lowest BCUT2D eigenvalue weighted by Gasteiger charge is -2.34. The van der Waals surface area contributed by atoms with Gasteiger partial charge in [0.25, 0.3) is 0 Å². The third kappa shape index (κ3) is 6.82. The second-order valence-electron chi connectivity index (χ2n) is 9.05. The zero-order valence-corrected chi connectivity index (χ0v) is 22.1. The Kier molecular flexibility index (Phi) is 9.27. The predicted octanol–water partition coefficient (Wildman–Crippen LogP) is 3.71. The number of anilines is 1. The van der Waals surface area contributed by atoms with Crippen molar-refractivity contribution in [3.05, 3.63) is 64.7 Å². The molecular formula is C26H37N3O4S. The summed E-state index contributed by atoms with van der Waals surface area (Å²) in [5.41, 5.74) is 3.91. The van der Waals surface area contributed by atoms with Gasteiger partial charge in [-0.05, 0) is 63.3 Å². The van der Waals surface area contributed by atoms with Crippen molar-refractivity contribution in [3.8, 4) is 0 Å². The molecule has 34 heavy (non-hydrogen) atoms. The molecule has 0 radical (unpaired) electrons. The van der Waals surface area contributed by atoms with E-state index in [0.29, 0.717) is 12.1 Å². The molecule has 0 saturated heterocycles. The smallest absolute Gasteiger partial charge is 0.244 e. The Morgan fingerprint density at radius 2 is 1.50 bits per heavy atom. The Morgan fingerprint density at radius 3 is 2.00 bits per heavy atom. The lowest BCUT2D eigenvalue weighted by molar-refractivity contribution is -0.140. The number of nitrogens with one attached hydrogen (secondary N) is 1. The van der Waals surface area contributed by atoms with Crippen LogP contribution in [0.3, 0.4) is 0 Å². The number of carbonyl (C=O) groups is 2. The van der Waals surface area contributed by atoms with Crippen molar-refractivity contribution in [2.75, 3.05) is 17.1 Å². The molecule has 0 unspecified atom stereocenters. The number of para-hydroxylation sites is 1. The summed E-state index contributed by atoms with van der Waals surface area (Å²) >= 11 is 0. The van der Waals surface area contributed by atoms with Gasteiger partial charge in [0.2, 0.25) is 21.8 Å². The minimum Gasteiger partial charge on any atom is -0.352 e. The van der Waals surface area contributed by atoms with E-state index in [4.69, 9.17) is 0 Å². The van der Waals surface area contributed by atoms with E-state index in [1.807, 2.05) is 84.0 Å². The fourth-order valence-corrected chi connectivity index (χ4v) is 5.01. The van der Waals surface area contributed by atoms with E-state index in [1.54, 1.807) is 0 Å². The molecule has 0 aliphatic heterocycles. The average Bonchev–Trinajstić information content (AvgIpc) is 2.72. The van der Waals surface area contributed by atoms with Gasteiger partial charge in [-0.15, -0.1) is 0 Å². The van der Waals surface area contributed by atoms with E-state index in [1.165, 1.54) is 4.90 Å². The Morgan fingerprint density at radius 1 is 0.941 bits per heavy atom. The predicted molar refractivity (Wildman–Crippen MR) is 137 cm³/mol. The topological polar surface area (TPSA) is 86.8 Å². The molecular weight excluding hydrogens is 450 g/mol. The molecule has 0 aromatic heterocycles. The first-order valence-corrected chi connectivity index (χ1v) is 13.4. The maximum Gasteiger partial charge on any atom is 0.244 e. The minimum atomic E-state index is -3.76. The fraction of sp³-hybridized carbons (Fsp3) is 0.462. The number of amides is 2. The van der Waals surface area contributed by atoms with Gasteiger partial charge in [0.05, 0.1) is 11.9 Å². The first-order chi connectivity index (χ1) is 15.9. The zero-order chi connectivity index (χ0) is 25.6. The van der Waals surface area contributed by atoms with Crippen LogP contribution in [0.25, 0.3) is 0 Å². The van der Waals surface area contributed by atoms with E-state index < -0.39 is 22.0 Å². The van der Waals surface area contributed by atoms with E-state index >= 15 is 0 Å². The summed E-state index contributed by atoms with van der Waals surface area (Å²) in [6.45, 7) is 11.0. The van der Waals surface area contributed by atoms with Gasteiger partial charge >= 0.3 is 0 Å². The highest BCUT2D eigenvalue weighted by Crippen LogP contribution is 2.27. The second-order valence-corrected chi connectivity index (χ2v) is 11.0. The summed E-state index contributed by atoms with van der Waals surface area (Å²) in [7, 11) is -3.76. The van der Waals surface area contributed by atoms with Crippen LogP contribution in [0.15, 0.2) is 42.5 Å². The van der Waals surface area contributed by atoms with Crippen molar-refractivity contribution in [2.24, 2.45) is 0 Å². The lowest BCUT2D eigenvalue weighted by atomic mass is 10.1. The van der Waals surface area contributed by atoms with Crippen LogP contribution in [0.4, 0.5) is 5.69 Å². The summed E-state index contributed by atoms with van der Waals surface area (Å²) in [6, 6.07) is 12.4. The molecule has 0 spiro atoms. The molecule has 2 amide bonds. The number of carbonyl (C=O) groups excluding carboxylic acids is 2. The fourth-order valence-electron chi connectivity index (χ4n) is 4.05. The summed E-state index contributed by atoms with van der Waals surface area (Å²) in [5, 5.41) is 2.90. The number of hydrogen-bond donors (Lipinski definition) is 1. The summed E-state index contributed by atoms with van der Waals surface area (Å²) in [6.07, 6.45) is 1.50. The van der Waals surface area contributed by atoms with Crippen LogP contribution >= 0.6 is 0 Å². The first kappa shape index (κ1) is 27.4. The van der Waals surface area contributed by atoms with Crippen LogP contribution < -0.4 is 9.62 Å². The molecule has 8 heteroatoms. The molecule has 186 valence electrons. The third-order valence-corrected chi connectivity index (χ3v) is 6.90. The normalized spacial score (nSPS) is 12.4. The maximum absolute atomic E-state index is 13.7. The van der Waals surface area contributed by atoms with Crippen molar-refractivity contribution in [1.82, 2.24) is 10.2 Å². The SMILES string of the molecule is CC[C@@H](C(=O)NC(C)C)N(Cc1ccccc1C)C(=O)CN(c1c(C)cccc1C)S(C)(=O)=O. The van der Waals surface area contributed by atoms with Gasteiger partial charge in [-0.25, -0.2) is 8.42 Å². The van der Waals surface area contributed by atoms with E-state index in [9.17, 15) is 18.0 Å². The quantitative estimate of drug-likeness (QED) is 0.554. The Hall–Kier alpha value is -2.87. The number of rotatable bonds is 10. The lowest BCUT2D eigenvalue weighted by Crippen LogP contribution is -2.53. The molecule has 2 rings (SSSR count). The number of hydrogen-bond acceptors (Lipinski definition) is 4. The van der Waals surface area contributed by atoms with E-state index in [2.05, 4.69) is 5.32 Å². The van der Waals surface area contributed by atoms with Crippen molar-refractivity contribution >= 4 is 27.5 Å². The molecule has 2 aromatic carbocycles. The molecule has 1 atom stereocenters. The second kappa shape index (κ2) is 11.5. The Bertz CT molecular complexity index is 1110. The van der Waals surface area contributed by atoms with Crippen LogP contribution in [0.1, 0.15) is 49.4 Å². The first-order valence-electron chi connectivity index (χ1n) is 11.5. The molecule has 0 aliphatic carbocycles. The largest absolute Gasteiger partial charge is 0.352 e. The van der Waals surface area contributed by atoms with Crippen molar-refractivity contribution < 1.29 is 18.0 Å². The van der Waals surface area contributed by atoms with Gasteiger partial charge in [-0.3, -0.25) is 13.9 Å². The van der Waals surface area contributed by atoms with Gasteiger partial charge < -0.3 is 10.2 Å². The van der Waals surface area contributed by atoms with Crippen LogP contribution in [-0.2, 0) is 26.2 Å². The number of benzene rings is 2. The monoisotopic (exact) mass is 487 g/mol. The summed E-state index contributed by atoms with van der Waals surface area (Å²) in [4.78, 5) is 28.3. The summed E-state index contributed by atoms with van der Waals surface area (Å²) < 4.78 is 26.8. The standard InChI is InChI=1S/C26H37N3O4S/c1-8-23(26(31)27-18(2)3)28(16-22-15-10-9-12-19(22)4)24(30)17-29(34(7,32)33)25-20(5)13-11-14-21(25)6/h9-15,18,23H,8,16-17H2,1-7H3,(H,27,31)/t23-/m0/s1. The highest BCUT2D eigenvalue weighted by molar-refractivity contribution is 7.92. The third-order valence-electron chi connectivity index (χ3n) is 5.79. The molecule has 0 bridgehead atoms. The van der Waals surface area contributed by atoms with Gasteiger partial charge in [-0.1, -0.05) is 49.4 Å². The van der Waals surface area contributed by atoms with Gasteiger partial charge in [0.15, 0.2) is 0 Å². The molecule has 0 aliphatic rings. The average molecular weight is 488 g/mol. The molecule has 2 aromatic rings. The van der Waals surface area contributed by atoms with Crippen molar-refractivity contribution in [3.63, 3.8) is 0 Å². The molecule has 0 fully saturated rings. The van der Waals surface area contributed by atoms with E-state index in [-0.39, 0.29) is 25.0 Å². The van der Waals surface area contributed by atoms with Gasteiger partial charge in [-0.2, -0.15) is 0 Å². The van der Waals surface area contributed by atoms with Crippen LogP contribution in [0.2, 0.25) is 0 Å². The molecule has 0 heterocycles. The zero-order valence-electron chi connectivity index (χ0n) is 21.3. The van der Waals surface area contributed by atoms with Crippen LogP contribution in [-0.4, -0.2) is 50.0 Å². The van der Waals surface area contributed by atoms with Crippen LogP contribution in [0, 0.1) is 20.8 Å². The van der Waals surface area contributed by atoms with Gasteiger partial charge in [0.1, 0.15) is 12.6 Å². The Labute approximate surface area is 204 Å². The minimum absolute atomic E-state index is 0.0842. The number of nitrogens with zero attached hydrogens (tertiary/aromatic N) is 2. The number of aryl methyl sites for hydroxylation is 3. The number of sulfonamides is 1. The highest BCUT2D eigenvalue weighted by Gasteiger charge is 2.32. The van der Waals surface area contributed by atoms with E-state index in [0.717, 1.165) is 32.8 Å².